The molecule has 1 aromatic rings. The molecule has 118 valence electrons. The summed E-state index contributed by atoms with van der Waals surface area (Å²) in [6.07, 6.45) is -0.0517. The quantitative estimate of drug-likeness (QED) is 0.848. The van der Waals surface area contributed by atoms with E-state index >= 15 is 0 Å². The van der Waals surface area contributed by atoms with Crippen molar-refractivity contribution in [3.05, 3.63) is 0 Å². The van der Waals surface area contributed by atoms with Crippen LogP contribution in [-0.2, 0) is 9.84 Å². The first kappa shape index (κ1) is 15.7. The Balaban J connectivity index is 2.30. The summed E-state index contributed by atoms with van der Waals surface area (Å²) in [5.41, 5.74) is 0. The Morgan fingerprint density at radius 3 is 2.62 bits per heavy atom. The van der Waals surface area contributed by atoms with Crippen LogP contribution in [0.5, 0.6) is 6.01 Å². The van der Waals surface area contributed by atoms with Crippen LogP contribution >= 0.6 is 0 Å². The summed E-state index contributed by atoms with van der Waals surface area (Å²) < 4.78 is 28.8. The smallest absolute Gasteiger partial charge is 0.323 e. The van der Waals surface area contributed by atoms with Crippen molar-refractivity contribution in [2.75, 3.05) is 35.3 Å². The molecule has 1 aromatic heterocycles. The van der Waals surface area contributed by atoms with E-state index in [1.165, 1.54) is 0 Å². The van der Waals surface area contributed by atoms with Gasteiger partial charge in [-0.3, -0.25) is 0 Å². The number of anilines is 2. The lowest BCUT2D eigenvalue weighted by atomic mass is 10.3. The van der Waals surface area contributed by atoms with Crippen molar-refractivity contribution in [1.29, 1.82) is 0 Å². The van der Waals surface area contributed by atoms with Gasteiger partial charge in [0.2, 0.25) is 11.9 Å². The van der Waals surface area contributed by atoms with E-state index in [-0.39, 0.29) is 29.7 Å². The molecule has 1 N–H and O–H groups in total. The second kappa shape index (κ2) is 6.00. The van der Waals surface area contributed by atoms with Gasteiger partial charge in [0.05, 0.1) is 17.6 Å². The second-order valence-corrected chi connectivity index (χ2v) is 7.54. The normalized spacial score (nSPS) is 21.4. The van der Waals surface area contributed by atoms with Gasteiger partial charge in [-0.05, 0) is 20.8 Å². The van der Waals surface area contributed by atoms with E-state index in [1.54, 1.807) is 7.05 Å². The Hall–Kier alpha value is -1.64. The third kappa shape index (κ3) is 3.93. The van der Waals surface area contributed by atoms with Gasteiger partial charge < -0.3 is 15.0 Å². The van der Waals surface area contributed by atoms with Crippen LogP contribution in [-0.4, -0.2) is 60.6 Å². The predicted molar refractivity (Wildman–Crippen MR) is 80.6 cm³/mol. The van der Waals surface area contributed by atoms with E-state index in [1.807, 2.05) is 25.7 Å². The third-order valence-electron chi connectivity index (χ3n) is 3.10. The average Bonchev–Trinajstić information content (AvgIpc) is 2.36. The number of nitrogens with zero attached hydrogens (tertiary/aromatic N) is 4. The highest BCUT2D eigenvalue weighted by atomic mass is 32.2. The zero-order valence-corrected chi connectivity index (χ0v) is 13.5. The molecule has 1 aliphatic heterocycles. The monoisotopic (exact) mass is 315 g/mol. The van der Waals surface area contributed by atoms with Gasteiger partial charge in [0.15, 0.2) is 9.84 Å². The van der Waals surface area contributed by atoms with Crippen molar-refractivity contribution in [2.45, 2.75) is 32.9 Å². The fourth-order valence-electron chi connectivity index (χ4n) is 2.15. The molecule has 0 aromatic carbocycles. The van der Waals surface area contributed by atoms with Crippen LogP contribution in [0, 0.1) is 0 Å². The summed E-state index contributed by atoms with van der Waals surface area (Å²) in [4.78, 5) is 14.6. The zero-order valence-electron chi connectivity index (χ0n) is 12.7. The van der Waals surface area contributed by atoms with Crippen LogP contribution in [0.4, 0.5) is 11.9 Å². The number of hydrogen-bond acceptors (Lipinski definition) is 8. The number of ether oxygens (including phenoxy) is 1. The van der Waals surface area contributed by atoms with Crippen LogP contribution < -0.4 is 15.0 Å². The minimum atomic E-state index is -2.98. The zero-order chi connectivity index (χ0) is 15.6. The lowest BCUT2D eigenvalue weighted by Crippen LogP contribution is -2.47. The molecule has 0 saturated carbocycles. The number of sulfone groups is 1. The molecule has 9 heteroatoms. The first-order valence-corrected chi connectivity index (χ1v) is 8.70. The molecule has 0 bridgehead atoms. The molecular weight excluding hydrogens is 294 g/mol. The first-order valence-electron chi connectivity index (χ1n) is 6.88. The van der Waals surface area contributed by atoms with Crippen molar-refractivity contribution in [3.63, 3.8) is 0 Å². The average molecular weight is 315 g/mol. The maximum Gasteiger partial charge on any atom is 0.323 e. The van der Waals surface area contributed by atoms with Crippen LogP contribution in [0.15, 0.2) is 0 Å². The molecule has 1 unspecified atom stereocenters. The largest absolute Gasteiger partial charge is 0.461 e. The van der Waals surface area contributed by atoms with Crippen LogP contribution in [0.1, 0.15) is 20.8 Å². The van der Waals surface area contributed by atoms with Crippen molar-refractivity contribution < 1.29 is 13.2 Å². The number of hydrogen-bond donors (Lipinski definition) is 1. The van der Waals surface area contributed by atoms with Crippen molar-refractivity contribution in [1.82, 2.24) is 15.0 Å². The van der Waals surface area contributed by atoms with Gasteiger partial charge in [-0.1, -0.05) is 0 Å². The Labute approximate surface area is 124 Å². The van der Waals surface area contributed by atoms with Gasteiger partial charge in [0.25, 0.3) is 0 Å². The summed E-state index contributed by atoms with van der Waals surface area (Å²) in [5, 5.41) is 2.86. The standard InChI is InChI=1S/C12H21N5O3S/c1-8(2)20-12-15-10(13-4)14-11(16-12)17-5-6-21(18,19)7-9(17)3/h8-9H,5-7H2,1-4H3,(H,13,14,15,16). The maximum absolute atomic E-state index is 11.7. The van der Waals surface area contributed by atoms with Gasteiger partial charge >= 0.3 is 6.01 Å². The van der Waals surface area contributed by atoms with Gasteiger partial charge in [0.1, 0.15) is 0 Å². The summed E-state index contributed by atoms with van der Waals surface area (Å²) >= 11 is 0. The summed E-state index contributed by atoms with van der Waals surface area (Å²) in [6, 6.07) is 0.0581. The number of aromatic nitrogens is 3. The molecule has 1 fully saturated rings. The fourth-order valence-corrected chi connectivity index (χ4v) is 3.70. The molecule has 1 atom stereocenters. The molecule has 2 rings (SSSR count). The summed E-state index contributed by atoms with van der Waals surface area (Å²) in [7, 11) is -1.27. The lowest BCUT2D eigenvalue weighted by Gasteiger charge is -2.33. The number of nitrogens with one attached hydrogen (secondary N) is 1. The third-order valence-corrected chi connectivity index (χ3v) is 4.89. The van der Waals surface area contributed by atoms with E-state index in [9.17, 15) is 8.42 Å². The first-order chi connectivity index (χ1) is 9.80. The molecule has 21 heavy (non-hydrogen) atoms. The van der Waals surface area contributed by atoms with Crippen molar-refractivity contribution >= 4 is 21.7 Å². The molecule has 0 aliphatic carbocycles. The summed E-state index contributed by atoms with van der Waals surface area (Å²) in [6.45, 7) is 6.00. The van der Waals surface area contributed by atoms with Crippen molar-refractivity contribution in [2.24, 2.45) is 0 Å². The van der Waals surface area contributed by atoms with Crippen LogP contribution in [0.25, 0.3) is 0 Å². The van der Waals surface area contributed by atoms with E-state index in [0.717, 1.165) is 0 Å². The maximum atomic E-state index is 11.7. The molecule has 1 aliphatic rings. The fraction of sp³-hybridized carbons (Fsp3) is 0.750. The van der Waals surface area contributed by atoms with E-state index in [4.69, 9.17) is 4.74 Å². The lowest BCUT2D eigenvalue weighted by molar-refractivity contribution is 0.222. The van der Waals surface area contributed by atoms with E-state index in [2.05, 4.69) is 20.3 Å². The topological polar surface area (TPSA) is 97.3 Å². The molecule has 0 spiro atoms. The molecule has 1 saturated heterocycles. The van der Waals surface area contributed by atoms with Gasteiger partial charge in [0, 0.05) is 19.6 Å². The number of rotatable bonds is 4. The SMILES string of the molecule is CNc1nc(OC(C)C)nc(N2CCS(=O)(=O)CC2C)n1. The molecular formula is C12H21N5O3S. The highest BCUT2D eigenvalue weighted by Gasteiger charge is 2.30. The van der Waals surface area contributed by atoms with Crippen molar-refractivity contribution in [3.8, 4) is 6.01 Å². The van der Waals surface area contributed by atoms with E-state index < -0.39 is 9.84 Å². The van der Waals surface area contributed by atoms with Crippen LogP contribution in [0.3, 0.4) is 0 Å². The summed E-state index contributed by atoms with van der Waals surface area (Å²) in [5.74, 6) is 1.05. The predicted octanol–water partition coefficient (Wildman–Crippen LogP) is 0.324. The Morgan fingerprint density at radius 1 is 1.33 bits per heavy atom. The Kier molecular flexibility index (Phi) is 4.50. The van der Waals surface area contributed by atoms with Gasteiger partial charge in [-0.25, -0.2) is 8.42 Å². The molecule has 2 heterocycles. The minimum Gasteiger partial charge on any atom is -0.461 e. The van der Waals surface area contributed by atoms with Gasteiger partial charge in [-0.2, -0.15) is 15.0 Å². The molecule has 8 nitrogen and oxygen atoms in total. The highest BCUT2D eigenvalue weighted by molar-refractivity contribution is 7.91. The second-order valence-electron chi connectivity index (χ2n) is 5.31. The highest BCUT2D eigenvalue weighted by Crippen LogP contribution is 2.21. The molecule has 0 amide bonds. The molecule has 0 radical (unpaired) electrons. The van der Waals surface area contributed by atoms with E-state index in [0.29, 0.717) is 18.4 Å². The Morgan fingerprint density at radius 2 is 2.05 bits per heavy atom. The van der Waals surface area contributed by atoms with Gasteiger partial charge in [-0.15, -0.1) is 0 Å². The minimum absolute atomic E-state index is 0.0517. The van der Waals surface area contributed by atoms with Crippen LogP contribution in [0.2, 0.25) is 0 Å². The Bertz CT molecular complexity index is 605.